The molecule has 178 valence electrons. The number of hydrogen-bond acceptors (Lipinski definition) is 3. The molecule has 2 atom stereocenters. The molecule has 0 radical (unpaired) electrons. The van der Waals surface area contributed by atoms with Crippen molar-refractivity contribution in [2.75, 3.05) is 13.1 Å². The van der Waals surface area contributed by atoms with Gasteiger partial charge in [0.05, 0.1) is 5.56 Å². The molecular formula is C31H31NO3. The van der Waals surface area contributed by atoms with Gasteiger partial charge >= 0.3 is 5.97 Å². The maximum Gasteiger partial charge on any atom is 0.335 e. The number of ether oxygens (including phenoxy) is 1. The molecule has 4 nitrogen and oxygen atoms in total. The first-order chi connectivity index (χ1) is 17.1. The number of para-hydroxylation sites is 1. The van der Waals surface area contributed by atoms with E-state index in [9.17, 15) is 9.90 Å². The Morgan fingerprint density at radius 1 is 0.971 bits per heavy atom. The summed E-state index contributed by atoms with van der Waals surface area (Å²) in [5.74, 6) is 0.151. The molecule has 2 N–H and O–H groups in total. The van der Waals surface area contributed by atoms with Gasteiger partial charge in [-0.3, -0.25) is 0 Å². The van der Waals surface area contributed by atoms with Crippen molar-refractivity contribution in [1.82, 2.24) is 5.32 Å². The number of hydrogen-bond donors (Lipinski definition) is 2. The van der Waals surface area contributed by atoms with Crippen molar-refractivity contribution in [2.45, 2.75) is 38.2 Å². The second-order valence-corrected chi connectivity index (χ2v) is 9.37. The van der Waals surface area contributed by atoms with Gasteiger partial charge in [0.2, 0.25) is 0 Å². The van der Waals surface area contributed by atoms with E-state index >= 15 is 0 Å². The first-order valence-corrected chi connectivity index (χ1v) is 12.4. The zero-order chi connectivity index (χ0) is 24.2. The quantitative estimate of drug-likeness (QED) is 0.298. The monoisotopic (exact) mass is 465 g/mol. The van der Waals surface area contributed by atoms with Crippen LogP contribution < -0.4 is 10.1 Å². The molecule has 0 amide bonds. The molecule has 1 aliphatic rings. The summed E-state index contributed by atoms with van der Waals surface area (Å²) in [7, 11) is 0. The second kappa shape index (κ2) is 10.3. The fourth-order valence-corrected chi connectivity index (χ4v) is 5.19. The van der Waals surface area contributed by atoms with Crippen LogP contribution in [0.3, 0.4) is 0 Å². The van der Waals surface area contributed by atoms with Crippen molar-refractivity contribution >= 4 is 16.7 Å². The molecule has 0 fully saturated rings. The first kappa shape index (κ1) is 23.1. The molecule has 4 aromatic rings. The molecule has 1 aliphatic heterocycles. The summed E-state index contributed by atoms with van der Waals surface area (Å²) < 4.78 is 6.35. The Hall–Kier alpha value is -3.63. The number of aromatic carboxylic acids is 1. The SMILES string of the molecule is Cc1ccc([C@H]2C[C@H](CCNCCc3cccc4ccccc34)Oc3ccccc32)cc1C(=O)O. The lowest BCUT2D eigenvalue weighted by Gasteiger charge is -2.33. The minimum Gasteiger partial charge on any atom is -0.490 e. The second-order valence-electron chi connectivity index (χ2n) is 9.37. The third-order valence-corrected chi connectivity index (χ3v) is 7.08. The number of fused-ring (bicyclic) bond motifs is 2. The highest BCUT2D eigenvalue weighted by atomic mass is 16.5. The average Bonchev–Trinajstić information content (AvgIpc) is 2.88. The molecule has 0 saturated heterocycles. The minimum atomic E-state index is -0.878. The van der Waals surface area contributed by atoms with E-state index in [1.165, 1.54) is 16.3 Å². The number of benzene rings is 4. The Kier molecular flexibility index (Phi) is 6.82. The summed E-state index contributed by atoms with van der Waals surface area (Å²) in [5.41, 5.74) is 4.70. The molecule has 5 rings (SSSR count). The van der Waals surface area contributed by atoms with Gasteiger partial charge in [0, 0.05) is 11.5 Å². The topological polar surface area (TPSA) is 58.6 Å². The van der Waals surface area contributed by atoms with E-state index < -0.39 is 5.97 Å². The summed E-state index contributed by atoms with van der Waals surface area (Å²) in [6.07, 6.45) is 2.80. The van der Waals surface area contributed by atoms with Crippen molar-refractivity contribution in [3.63, 3.8) is 0 Å². The lowest BCUT2D eigenvalue weighted by molar-refractivity contribution is 0.0696. The van der Waals surface area contributed by atoms with Crippen LogP contribution in [0.1, 0.15) is 51.4 Å². The molecule has 0 bridgehead atoms. The van der Waals surface area contributed by atoms with E-state index in [0.717, 1.165) is 54.8 Å². The normalized spacial score (nSPS) is 17.1. The number of carboxylic acid groups (broad SMARTS) is 1. The van der Waals surface area contributed by atoms with Gasteiger partial charge < -0.3 is 15.2 Å². The number of carbonyl (C=O) groups is 1. The van der Waals surface area contributed by atoms with Crippen LogP contribution in [0.2, 0.25) is 0 Å². The van der Waals surface area contributed by atoms with Crippen molar-refractivity contribution in [2.24, 2.45) is 0 Å². The van der Waals surface area contributed by atoms with Gasteiger partial charge in [-0.1, -0.05) is 72.8 Å². The van der Waals surface area contributed by atoms with Crippen molar-refractivity contribution in [3.8, 4) is 5.75 Å². The smallest absolute Gasteiger partial charge is 0.335 e. The highest BCUT2D eigenvalue weighted by Gasteiger charge is 2.29. The van der Waals surface area contributed by atoms with Crippen LogP contribution in [0, 0.1) is 6.92 Å². The predicted molar refractivity (Wildman–Crippen MR) is 141 cm³/mol. The molecule has 0 aliphatic carbocycles. The molecule has 1 heterocycles. The number of rotatable bonds is 8. The Bertz CT molecular complexity index is 1340. The fourth-order valence-electron chi connectivity index (χ4n) is 5.19. The van der Waals surface area contributed by atoms with Crippen molar-refractivity contribution in [1.29, 1.82) is 0 Å². The molecule has 0 spiro atoms. The molecule has 35 heavy (non-hydrogen) atoms. The van der Waals surface area contributed by atoms with E-state index in [2.05, 4.69) is 59.9 Å². The Morgan fingerprint density at radius 2 is 1.77 bits per heavy atom. The van der Waals surface area contributed by atoms with Crippen LogP contribution in [0.25, 0.3) is 10.8 Å². The molecule has 0 unspecified atom stereocenters. The zero-order valence-electron chi connectivity index (χ0n) is 20.0. The maximum atomic E-state index is 11.7. The van der Waals surface area contributed by atoms with E-state index in [0.29, 0.717) is 5.56 Å². The third-order valence-electron chi connectivity index (χ3n) is 7.08. The molecule has 0 aromatic heterocycles. The van der Waals surface area contributed by atoms with Gasteiger partial charge in [-0.2, -0.15) is 0 Å². The van der Waals surface area contributed by atoms with Gasteiger partial charge in [-0.25, -0.2) is 4.79 Å². The zero-order valence-corrected chi connectivity index (χ0v) is 20.0. The van der Waals surface area contributed by atoms with Gasteiger partial charge in [0.25, 0.3) is 0 Å². The molecule has 0 saturated carbocycles. The summed E-state index contributed by atoms with van der Waals surface area (Å²) in [5, 5.41) is 15.8. The van der Waals surface area contributed by atoms with Crippen LogP contribution in [0.4, 0.5) is 0 Å². The van der Waals surface area contributed by atoms with Gasteiger partial charge in [-0.05, 0) is 78.9 Å². The highest BCUT2D eigenvalue weighted by molar-refractivity contribution is 5.89. The van der Waals surface area contributed by atoms with Crippen LogP contribution in [0.5, 0.6) is 5.75 Å². The number of nitrogens with one attached hydrogen (secondary N) is 1. The van der Waals surface area contributed by atoms with Crippen molar-refractivity contribution < 1.29 is 14.6 Å². The largest absolute Gasteiger partial charge is 0.490 e. The summed E-state index contributed by atoms with van der Waals surface area (Å²) in [6.45, 7) is 3.64. The summed E-state index contributed by atoms with van der Waals surface area (Å²) in [6, 6.07) is 29.0. The minimum absolute atomic E-state index is 0.0783. The van der Waals surface area contributed by atoms with E-state index in [1.54, 1.807) is 0 Å². The van der Waals surface area contributed by atoms with Gasteiger partial charge in [-0.15, -0.1) is 0 Å². The molecular weight excluding hydrogens is 434 g/mol. The van der Waals surface area contributed by atoms with Crippen LogP contribution in [-0.2, 0) is 6.42 Å². The summed E-state index contributed by atoms with van der Waals surface area (Å²) in [4.78, 5) is 11.7. The van der Waals surface area contributed by atoms with E-state index in [-0.39, 0.29) is 12.0 Å². The fraction of sp³-hybridized carbons (Fsp3) is 0.258. The highest BCUT2D eigenvalue weighted by Crippen LogP contribution is 2.41. The Morgan fingerprint density at radius 3 is 2.66 bits per heavy atom. The number of carboxylic acids is 1. The lowest BCUT2D eigenvalue weighted by atomic mass is 9.82. The Balaban J connectivity index is 1.23. The molecule has 4 heteroatoms. The van der Waals surface area contributed by atoms with Crippen LogP contribution in [0.15, 0.2) is 84.9 Å². The third kappa shape index (κ3) is 5.08. The number of aryl methyl sites for hydroxylation is 1. The standard InChI is InChI=1S/C31H31NO3/c1-21-13-14-24(19-28(21)31(33)34)29-20-25(35-30-12-5-4-11-27(29)30)16-18-32-17-15-23-9-6-8-22-7-2-3-10-26(22)23/h2-14,19,25,29,32H,15-18,20H2,1H3,(H,33,34)/t25-,29+/m0/s1. The first-order valence-electron chi connectivity index (χ1n) is 12.4. The van der Waals surface area contributed by atoms with Crippen molar-refractivity contribution in [3.05, 3.63) is 113 Å². The maximum absolute atomic E-state index is 11.7. The van der Waals surface area contributed by atoms with E-state index in [4.69, 9.17) is 4.74 Å². The van der Waals surface area contributed by atoms with Gasteiger partial charge in [0.15, 0.2) is 0 Å². The molecule has 4 aromatic carbocycles. The summed E-state index contributed by atoms with van der Waals surface area (Å²) >= 11 is 0. The van der Waals surface area contributed by atoms with Crippen LogP contribution >= 0.6 is 0 Å². The van der Waals surface area contributed by atoms with Crippen LogP contribution in [-0.4, -0.2) is 30.3 Å². The van der Waals surface area contributed by atoms with E-state index in [1.807, 2.05) is 37.3 Å². The lowest BCUT2D eigenvalue weighted by Crippen LogP contribution is -2.30. The average molecular weight is 466 g/mol. The Labute approximate surface area is 206 Å². The van der Waals surface area contributed by atoms with Gasteiger partial charge in [0.1, 0.15) is 11.9 Å². The predicted octanol–water partition coefficient (Wildman–Crippen LogP) is 6.35.